The monoisotopic (exact) mass is 251 g/mol. The van der Waals surface area contributed by atoms with Crippen LogP contribution >= 0.6 is 0 Å². The summed E-state index contributed by atoms with van der Waals surface area (Å²) in [4.78, 5) is 4.07. The zero-order chi connectivity index (χ0) is 13.0. The van der Waals surface area contributed by atoms with E-state index >= 15 is 0 Å². The fraction of sp³-hybridized carbons (Fsp3) is 0.333. The first-order valence-corrected chi connectivity index (χ1v) is 5.62. The van der Waals surface area contributed by atoms with Crippen LogP contribution in [0.2, 0.25) is 0 Å². The van der Waals surface area contributed by atoms with Gasteiger partial charge in [0, 0.05) is 32.5 Å². The Morgan fingerprint density at radius 2 is 2.22 bits per heavy atom. The number of hydrogen-bond donors (Lipinski definition) is 2. The average molecular weight is 251 g/mol. The third-order valence-corrected chi connectivity index (χ3v) is 2.37. The highest BCUT2D eigenvalue weighted by molar-refractivity contribution is 5.28. The minimum atomic E-state index is -0.444. The van der Waals surface area contributed by atoms with Crippen LogP contribution in [0.4, 0.5) is 4.39 Å². The molecule has 0 atom stereocenters. The molecule has 0 bridgehead atoms. The lowest BCUT2D eigenvalue weighted by Crippen LogP contribution is -2.17. The van der Waals surface area contributed by atoms with E-state index in [0.29, 0.717) is 36.8 Å². The minimum absolute atomic E-state index is 0.0689. The van der Waals surface area contributed by atoms with Crippen molar-refractivity contribution in [2.24, 2.45) is 0 Å². The maximum absolute atomic E-state index is 13.0. The molecule has 5 nitrogen and oxygen atoms in total. The molecule has 0 aliphatic heterocycles. The lowest BCUT2D eigenvalue weighted by atomic mass is 10.2. The molecule has 1 aromatic carbocycles. The molecule has 0 radical (unpaired) electrons. The van der Waals surface area contributed by atoms with Crippen molar-refractivity contribution in [2.45, 2.75) is 19.9 Å². The molecule has 6 heteroatoms. The molecule has 2 N–H and O–H groups in total. The molecule has 1 aromatic heterocycles. The molecule has 1 heterocycles. The van der Waals surface area contributed by atoms with Crippen LogP contribution in [0.3, 0.4) is 0 Å². The van der Waals surface area contributed by atoms with Crippen molar-refractivity contribution in [1.82, 2.24) is 15.5 Å². The number of nitrogens with zero attached hydrogens (tertiary/aromatic N) is 2. The number of aryl methyl sites for hydroxylation is 1. The van der Waals surface area contributed by atoms with Gasteiger partial charge < -0.3 is 14.9 Å². The standard InChI is InChI=1S/C12H14FN3O2/c1-8-15-12(16-18-8)2-3-14-7-9-4-10(13)6-11(17)5-9/h4-6,14,17H,2-3,7H2,1H3. The summed E-state index contributed by atoms with van der Waals surface area (Å²) in [5.41, 5.74) is 0.691. The predicted molar refractivity (Wildman–Crippen MR) is 62.5 cm³/mol. The Hall–Kier alpha value is -1.95. The number of phenolic OH excluding ortho intramolecular Hbond substituents is 1. The Balaban J connectivity index is 1.78. The van der Waals surface area contributed by atoms with Crippen LogP contribution in [0.15, 0.2) is 22.7 Å². The molecule has 0 unspecified atom stereocenters. The molecular formula is C12H14FN3O2. The summed E-state index contributed by atoms with van der Waals surface area (Å²) in [6.45, 7) is 2.86. The van der Waals surface area contributed by atoms with Gasteiger partial charge in [0.2, 0.25) is 5.89 Å². The molecule has 0 fully saturated rings. The number of hydrogen-bond acceptors (Lipinski definition) is 5. The van der Waals surface area contributed by atoms with Gasteiger partial charge in [0.1, 0.15) is 11.6 Å². The summed E-state index contributed by atoms with van der Waals surface area (Å²) in [6.07, 6.45) is 0.638. The SMILES string of the molecule is Cc1nc(CCNCc2cc(O)cc(F)c2)no1. The van der Waals surface area contributed by atoms with E-state index < -0.39 is 5.82 Å². The number of nitrogens with one attached hydrogen (secondary N) is 1. The molecule has 0 aliphatic carbocycles. The number of rotatable bonds is 5. The van der Waals surface area contributed by atoms with Crippen LogP contribution in [0.5, 0.6) is 5.75 Å². The van der Waals surface area contributed by atoms with E-state index in [4.69, 9.17) is 4.52 Å². The van der Waals surface area contributed by atoms with Crippen LogP contribution < -0.4 is 5.32 Å². The molecule has 2 aromatic rings. The van der Waals surface area contributed by atoms with E-state index in [1.165, 1.54) is 12.1 Å². The van der Waals surface area contributed by atoms with Crippen molar-refractivity contribution in [3.8, 4) is 5.75 Å². The first-order valence-electron chi connectivity index (χ1n) is 5.62. The summed E-state index contributed by atoms with van der Waals surface area (Å²) in [5.74, 6) is 0.670. The number of aromatic hydroxyl groups is 1. The zero-order valence-corrected chi connectivity index (χ0v) is 9.98. The maximum Gasteiger partial charge on any atom is 0.223 e. The molecule has 18 heavy (non-hydrogen) atoms. The van der Waals surface area contributed by atoms with Crippen LogP contribution in [0.25, 0.3) is 0 Å². The minimum Gasteiger partial charge on any atom is -0.508 e. The Morgan fingerprint density at radius 1 is 1.39 bits per heavy atom. The van der Waals surface area contributed by atoms with Crippen molar-refractivity contribution in [1.29, 1.82) is 0 Å². The summed E-state index contributed by atoms with van der Waals surface area (Å²) in [6, 6.07) is 3.98. The average Bonchev–Trinajstić information content (AvgIpc) is 2.69. The largest absolute Gasteiger partial charge is 0.508 e. The second-order valence-electron chi connectivity index (χ2n) is 3.97. The lowest BCUT2D eigenvalue weighted by molar-refractivity contribution is 0.387. The molecule has 0 amide bonds. The fourth-order valence-corrected chi connectivity index (χ4v) is 1.61. The summed E-state index contributed by atoms with van der Waals surface area (Å²) in [5, 5.41) is 16.1. The van der Waals surface area contributed by atoms with Crippen LogP contribution in [-0.4, -0.2) is 21.8 Å². The lowest BCUT2D eigenvalue weighted by Gasteiger charge is -2.04. The molecule has 0 aliphatic rings. The van der Waals surface area contributed by atoms with Gasteiger partial charge in [-0.3, -0.25) is 0 Å². The molecule has 0 saturated heterocycles. The van der Waals surface area contributed by atoms with Crippen molar-refractivity contribution in [3.05, 3.63) is 41.3 Å². The van der Waals surface area contributed by atoms with E-state index in [1.807, 2.05) is 0 Å². The van der Waals surface area contributed by atoms with Gasteiger partial charge in [-0.05, 0) is 17.7 Å². The predicted octanol–water partition coefficient (Wildman–Crippen LogP) is 1.56. The van der Waals surface area contributed by atoms with Gasteiger partial charge >= 0.3 is 0 Å². The Kier molecular flexibility index (Phi) is 3.88. The van der Waals surface area contributed by atoms with Crippen molar-refractivity contribution in [2.75, 3.05) is 6.54 Å². The van der Waals surface area contributed by atoms with Gasteiger partial charge in [-0.1, -0.05) is 5.16 Å². The van der Waals surface area contributed by atoms with Crippen molar-refractivity contribution < 1.29 is 14.0 Å². The van der Waals surface area contributed by atoms with E-state index in [9.17, 15) is 9.50 Å². The van der Waals surface area contributed by atoms with Gasteiger partial charge in [-0.25, -0.2) is 4.39 Å². The molecular weight excluding hydrogens is 237 g/mol. The topological polar surface area (TPSA) is 71.2 Å². The van der Waals surface area contributed by atoms with Crippen molar-refractivity contribution >= 4 is 0 Å². The smallest absolute Gasteiger partial charge is 0.223 e. The third kappa shape index (κ3) is 3.53. The van der Waals surface area contributed by atoms with Crippen molar-refractivity contribution in [3.63, 3.8) is 0 Å². The second-order valence-corrected chi connectivity index (χ2v) is 3.97. The van der Waals surface area contributed by atoms with Gasteiger partial charge in [0.15, 0.2) is 5.82 Å². The summed E-state index contributed by atoms with van der Waals surface area (Å²) in [7, 11) is 0. The second kappa shape index (κ2) is 5.59. The van der Waals surface area contributed by atoms with E-state index in [0.717, 1.165) is 6.07 Å². The molecule has 0 saturated carbocycles. The van der Waals surface area contributed by atoms with Gasteiger partial charge in [0.05, 0.1) is 0 Å². The molecule has 0 spiro atoms. The Bertz CT molecular complexity index is 508. The first-order chi connectivity index (χ1) is 8.63. The zero-order valence-electron chi connectivity index (χ0n) is 9.98. The summed E-state index contributed by atoms with van der Waals surface area (Å²) < 4.78 is 17.8. The Morgan fingerprint density at radius 3 is 2.89 bits per heavy atom. The number of halogens is 1. The summed E-state index contributed by atoms with van der Waals surface area (Å²) >= 11 is 0. The first kappa shape index (κ1) is 12.5. The maximum atomic E-state index is 13.0. The third-order valence-electron chi connectivity index (χ3n) is 2.37. The van der Waals surface area contributed by atoms with Gasteiger partial charge in [-0.2, -0.15) is 4.98 Å². The molecule has 2 rings (SSSR count). The Labute approximate surface area is 104 Å². The normalized spacial score (nSPS) is 10.8. The van der Waals surface area contributed by atoms with E-state index in [-0.39, 0.29) is 5.75 Å². The quantitative estimate of drug-likeness (QED) is 0.789. The van der Waals surface area contributed by atoms with E-state index in [2.05, 4.69) is 15.5 Å². The van der Waals surface area contributed by atoms with Gasteiger partial charge in [-0.15, -0.1) is 0 Å². The highest BCUT2D eigenvalue weighted by atomic mass is 19.1. The fourth-order valence-electron chi connectivity index (χ4n) is 1.61. The highest BCUT2D eigenvalue weighted by Crippen LogP contribution is 2.14. The molecule has 96 valence electrons. The number of benzene rings is 1. The highest BCUT2D eigenvalue weighted by Gasteiger charge is 2.02. The van der Waals surface area contributed by atoms with Gasteiger partial charge in [0.25, 0.3) is 0 Å². The van der Waals surface area contributed by atoms with Crippen LogP contribution in [0, 0.1) is 12.7 Å². The van der Waals surface area contributed by atoms with Crippen LogP contribution in [0.1, 0.15) is 17.3 Å². The van der Waals surface area contributed by atoms with E-state index in [1.54, 1.807) is 6.92 Å². The number of aromatic nitrogens is 2. The van der Waals surface area contributed by atoms with Crippen LogP contribution in [-0.2, 0) is 13.0 Å². The number of phenols is 1.